The highest BCUT2D eigenvalue weighted by Crippen LogP contribution is 2.25. The van der Waals surface area contributed by atoms with Gasteiger partial charge in [-0.2, -0.15) is 0 Å². The molecule has 5 nitrogen and oxygen atoms in total. The van der Waals surface area contributed by atoms with Gasteiger partial charge in [0.15, 0.2) is 5.76 Å². The normalized spacial score (nSPS) is 19.3. The molecule has 1 saturated heterocycles. The van der Waals surface area contributed by atoms with Crippen molar-refractivity contribution in [1.29, 1.82) is 0 Å². The number of quaternary nitrogens is 2. The van der Waals surface area contributed by atoms with E-state index in [1.165, 1.54) is 22.6 Å². The molecule has 0 saturated carbocycles. The Balaban J connectivity index is 1.32. The van der Waals surface area contributed by atoms with Gasteiger partial charge in [0, 0.05) is 16.7 Å². The molecule has 0 bridgehead atoms. The van der Waals surface area contributed by atoms with Crippen LogP contribution in [-0.2, 0) is 13.1 Å². The second-order valence-corrected chi connectivity index (χ2v) is 7.79. The molecule has 152 valence electrons. The molecule has 0 unspecified atom stereocenters. The summed E-state index contributed by atoms with van der Waals surface area (Å²) in [5.74, 6) is 1.40. The predicted octanol–water partition coefficient (Wildman–Crippen LogP) is 1.28. The van der Waals surface area contributed by atoms with Crippen molar-refractivity contribution in [3.05, 3.63) is 71.2 Å². The van der Waals surface area contributed by atoms with Gasteiger partial charge < -0.3 is 19.1 Å². The van der Waals surface area contributed by atoms with Gasteiger partial charge in [0.1, 0.15) is 56.5 Å². The summed E-state index contributed by atoms with van der Waals surface area (Å²) in [4.78, 5) is 3.15. The Morgan fingerprint density at radius 1 is 0.931 bits per heavy atom. The number of nitrogens with zero attached hydrogens (tertiary/aromatic N) is 1. The van der Waals surface area contributed by atoms with Crippen LogP contribution in [0.3, 0.4) is 0 Å². The number of ether oxygens (including phenoxy) is 1. The molecule has 4 rings (SSSR count). The van der Waals surface area contributed by atoms with Crippen LogP contribution < -0.4 is 14.5 Å². The average molecular weight is 397 g/mol. The molecule has 0 spiro atoms. The molecule has 3 aromatic rings. The van der Waals surface area contributed by atoms with Gasteiger partial charge in [-0.1, -0.05) is 5.16 Å². The van der Waals surface area contributed by atoms with E-state index in [4.69, 9.17) is 9.26 Å². The Hall–Kier alpha value is -2.70. The summed E-state index contributed by atoms with van der Waals surface area (Å²) in [5.41, 5.74) is 4.27. The maximum atomic E-state index is 13.2. The van der Waals surface area contributed by atoms with Gasteiger partial charge >= 0.3 is 0 Å². The molecule has 0 radical (unpaired) electrons. The van der Waals surface area contributed by atoms with Crippen LogP contribution in [0.4, 0.5) is 4.39 Å². The zero-order valence-corrected chi connectivity index (χ0v) is 17.0. The standard InChI is InChI=1S/C23H26FN3O2/c1-17-22(25-29-23(17)19-5-7-20(24)8-6-19)16-27-13-11-26(12-14-27)15-18-3-9-21(28-2)10-4-18/h3-10H,11-16H2,1-2H3/p+2. The SMILES string of the molecule is COc1ccc(C[NH+]2CC[NH+](Cc3noc(-c4ccc(F)cc4)c3C)CC2)cc1. The lowest BCUT2D eigenvalue weighted by Crippen LogP contribution is -3.27. The Kier molecular flexibility index (Phi) is 5.92. The molecule has 2 heterocycles. The fourth-order valence-electron chi connectivity index (χ4n) is 3.98. The first kappa shape index (κ1) is 19.6. The fourth-order valence-corrected chi connectivity index (χ4v) is 3.98. The highest BCUT2D eigenvalue weighted by molar-refractivity contribution is 5.61. The number of hydrogen-bond acceptors (Lipinski definition) is 3. The minimum Gasteiger partial charge on any atom is -0.497 e. The van der Waals surface area contributed by atoms with Gasteiger partial charge in [-0.05, 0) is 55.5 Å². The lowest BCUT2D eigenvalue weighted by Gasteiger charge is -2.29. The van der Waals surface area contributed by atoms with Gasteiger partial charge in [0.2, 0.25) is 0 Å². The lowest BCUT2D eigenvalue weighted by molar-refractivity contribution is -1.02. The molecule has 1 aliphatic heterocycles. The van der Waals surface area contributed by atoms with Crippen LogP contribution in [-0.4, -0.2) is 38.4 Å². The molecular formula is C23H28FN3O2+2. The molecule has 29 heavy (non-hydrogen) atoms. The Labute approximate surface area is 170 Å². The van der Waals surface area contributed by atoms with E-state index in [0.29, 0.717) is 0 Å². The molecule has 1 aromatic heterocycles. The zero-order valence-electron chi connectivity index (χ0n) is 17.0. The van der Waals surface area contributed by atoms with E-state index in [1.54, 1.807) is 24.1 Å². The summed E-state index contributed by atoms with van der Waals surface area (Å²) in [7, 11) is 1.70. The smallest absolute Gasteiger partial charge is 0.170 e. The average Bonchev–Trinajstić information content (AvgIpc) is 3.11. The Morgan fingerprint density at radius 2 is 1.55 bits per heavy atom. The minimum atomic E-state index is -0.245. The van der Waals surface area contributed by atoms with Crippen LogP contribution in [0.15, 0.2) is 53.1 Å². The van der Waals surface area contributed by atoms with E-state index >= 15 is 0 Å². The minimum absolute atomic E-state index is 0.245. The third-order valence-corrected chi connectivity index (χ3v) is 5.82. The molecule has 2 aromatic carbocycles. The van der Waals surface area contributed by atoms with Gasteiger partial charge in [-0.3, -0.25) is 0 Å². The number of methoxy groups -OCH3 is 1. The van der Waals surface area contributed by atoms with Crippen molar-refractivity contribution in [2.45, 2.75) is 20.0 Å². The molecule has 2 N–H and O–H groups in total. The van der Waals surface area contributed by atoms with Crippen molar-refractivity contribution >= 4 is 0 Å². The highest BCUT2D eigenvalue weighted by Gasteiger charge is 2.25. The number of aromatic nitrogens is 1. The van der Waals surface area contributed by atoms with Gasteiger partial charge in [-0.25, -0.2) is 4.39 Å². The van der Waals surface area contributed by atoms with E-state index in [1.807, 2.05) is 19.1 Å². The Bertz CT molecular complexity index is 930. The number of halogens is 1. The molecule has 6 heteroatoms. The maximum absolute atomic E-state index is 13.2. The second-order valence-electron chi connectivity index (χ2n) is 7.79. The second kappa shape index (κ2) is 8.76. The summed E-state index contributed by atoms with van der Waals surface area (Å²) in [5, 5.41) is 4.30. The first-order valence-corrected chi connectivity index (χ1v) is 10.1. The van der Waals surface area contributed by atoms with Crippen LogP contribution in [0.5, 0.6) is 5.75 Å². The summed E-state index contributed by atoms with van der Waals surface area (Å²) in [6.45, 7) is 8.47. The Morgan fingerprint density at radius 3 is 2.17 bits per heavy atom. The molecule has 1 fully saturated rings. The summed E-state index contributed by atoms with van der Waals surface area (Å²) < 4.78 is 24.0. The van der Waals surface area contributed by atoms with Crippen molar-refractivity contribution < 1.29 is 23.5 Å². The fraction of sp³-hybridized carbons (Fsp3) is 0.348. The van der Waals surface area contributed by atoms with E-state index in [0.717, 1.165) is 67.6 Å². The third-order valence-electron chi connectivity index (χ3n) is 5.82. The van der Waals surface area contributed by atoms with Gasteiger partial charge in [-0.15, -0.1) is 0 Å². The van der Waals surface area contributed by atoms with Crippen LogP contribution >= 0.6 is 0 Å². The first-order valence-electron chi connectivity index (χ1n) is 10.1. The first-order chi connectivity index (χ1) is 14.1. The number of hydrogen-bond donors (Lipinski definition) is 2. The summed E-state index contributed by atoms with van der Waals surface area (Å²) in [6.07, 6.45) is 0. The van der Waals surface area contributed by atoms with Crippen LogP contribution in [0.25, 0.3) is 11.3 Å². The van der Waals surface area contributed by atoms with Crippen molar-refractivity contribution in [1.82, 2.24) is 5.16 Å². The maximum Gasteiger partial charge on any atom is 0.170 e. The summed E-state index contributed by atoms with van der Waals surface area (Å²) in [6, 6.07) is 14.7. The van der Waals surface area contributed by atoms with Gasteiger partial charge in [0.05, 0.1) is 7.11 Å². The number of rotatable bonds is 6. The highest BCUT2D eigenvalue weighted by atomic mass is 19.1. The van der Waals surface area contributed by atoms with E-state index in [-0.39, 0.29) is 5.82 Å². The lowest BCUT2D eigenvalue weighted by atomic mass is 10.1. The van der Waals surface area contributed by atoms with Crippen LogP contribution in [0.1, 0.15) is 16.8 Å². The number of nitrogens with one attached hydrogen (secondary N) is 2. The van der Waals surface area contributed by atoms with Crippen molar-refractivity contribution in [2.75, 3.05) is 33.3 Å². The van der Waals surface area contributed by atoms with Gasteiger partial charge in [0.25, 0.3) is 0 Å². The third kappa shape index (κ3) is 4.66. The molecule has 0 amide bonds. The topological polar surface area (TPSA) is 44.1 Å². The number of piperazine rings is 1. The van der Waals surface area contributed by atoms with Crippen LogP contribution in [0, 0.1) is 12.7 Å². The molecule has 1 aliphatic rings. The van der Waals surface area contributed by atoms with Crippen LogP contribution in [0.2, 0.25) is 0 Å². The molecular weight excluding hydrogens is 369 g/mol. The number of benzene rings is 2. The van der Waals surface area contributed by atoms with Crippen molar-refractivity contribution in [3.8, 4) is 17.1 Å². The van der Waals surface area contributed by atoms with Crippen molar-refractivity contribution in [3.63, 3.8) is 0 Å². The summed E-state index contributed by atoms with van der Waals surface area (Å²) >= 11 is 0. The quantitative estimate of drug-likeness (QED) is 0.659. The molecule has 0 aliphatic carbocycles. The van der Waals surface area contributed by atoms with E-state index < -0.39 is 0 Å². The largest absolute Gasteiger partial charge is 0.497 e. The predicted molar refractivity (Wildman–Crippen MR) is 108 cm³/mol. The molecule has 0 atom stereocenters. The van der Waals surface area contributed by atoms with E-state index in [9.17, 15) is 4.39 Å². The van der Waals surface area contributed by atoms with Crippen molar-refractivity contribution in [2.24, 2.45) is 0 Å². The zero-order chi connectivity index (χ0) is 20.2. The van der Waals surface area contributed by atoms with E-state index in [2.05, 4.69) is 17.3 Å². The monoisotopic (exact) mass is 397 g/mol.